The maximum Gasteiger partial charge on any atom is 0.191 e. The maximum atomic E-state index is 10.8. The molecule has 0 unspecified atom stereocenters. The molecule has 1 heterocycles. The maximum absolute atomic E-state index is 10.8. The van der Waals surface area contributed by atoms with Crippen LogP contribution in [-0.4, -0.2) is 26.0 Å². The molecule has 22 heavy (non-hydrogen) atoms. The van der Waals surface area contributed by atoms with E-state index >= 15 is 0 Å². The Kier molecular flexibility index (Phi) is 5.43. The van der Waals surface area contributed by atoms with Gasteiger partial charge in [0.05, 0.1) is 5.97 Å². The molecule has 2 aromatic rings. The third kappa shape index (κ3) is 4.00. The third-order valence-electron chi connectivity index (χ3n) is 3.24. The van der Waals surface area contributed by atoms with E-state index in [1.165, 1.54) is 5.56 Å². The van der Waals surface area contributed by atoms with Crippen LogP contribution >= 0.6 is 11.8 Å². The Bertz CT molecular complexity index is 640. The summed E-state index contributed by atoms with van der Waals surface area (Å²) in [6.45, 7) is 3.93. The quantitative estimate of drug-likeness (QED) is 0.713. The minimum absolute atomic E-state index is 0.273. The first kappa shape index (κ1) is 16.4. The van der Waals surface area contributed by atoms with E-state index in [2.05, 4.69) is 17.1 Å². The van der Waals surface area contributed by atoms with Crippen molar-refractivity contribution in [2.45, 2.75) is 37.3 Å². The van der Waals surface area contributed by atoms with Gasteiger partial charge in [-0.25, -0.2) is 0 Å². The SMILES string of the molecule is CCc1ccc(OCc2nnc(S[C@@H](C)C(=O)[O-])n2C)cc1. The lowest BCUT2D eigenvalue weighted by molar-refractivity contribution is -0.304. The molecule has 0 aliphatic heterocycles. The Hall–Kier alpha value is -2.02. The van der Waals surface area contributed by atoms with Crippen molar-refractivity contribution in [3.8, 4) is 5.75 Å². The summed E-state index contributed by atoms with van der Waals surface area (Å²) >= 11 is 1.10. The van der Waals surface area contributed by atoms with Crippen LogP contribution in [0.2, 0.25) is 0 Å². The van der Waals surface area contributed by atoms with Gasteiger partial charge in [-0.15, -0.1) is 10.2 Å². The van der Waals surface area contributed by atoms with Crippen LogP contribution in [0.15, 0.2) is 29.4 Å². The molecule has 0 spiro atoms. The van der Waals surface area contributed by atoms with Gasteiger partial charge < -0.3 is 19.2 Å². The van der Waals surface area contributed by atoms with Crippen LogP contribution in [0.25, 0.3) is 0 Å². The van der Waals surface area contributed by atoms with Crippen LogP contribution in [-0.2, 0) is 24.9 Å². The molecule has 6 nitrogen and oxygen atoms in total. The number of benzene rings is 1. The van der Waals surface area contributed by atoms with Gasteiger partial charge in [0, 0.05) is 12.3 Å². The standard InChI is InChI=1S/C15H19N3O3S/c1-4-11-5-7-12(8-6-11)21-9-13-16-17-15(18(13)3)22-10(2)14(19)20/h5-8,10H,4,9H2,1-3H3,(H,19,20)/p-1/t10-/m0/s1. The number of aliphatic carboxylic acids is 1. The molecule has 0 saturated heterocycles. The summed E-state index contributed by atoms with van der Waals surface area (Å²) in [6, 6.07) is 7.88. The summed E-state index contributed by atoms with van der Waals surface area (Å²) in [7, 11) is 1.78. The minimum atomic E-state index is -1.12. The molecule has 2 rings (SSSR count). The van der Waals surface area contributed by atoms with Crippen molar-refractivity contribution in [3.05, 3.63) is 35.7 Å². The van der Waals surface area contributed by atoms with Crippen molar-refractivity contribution in [1.82, 2.24) is 14.8 Å². The smallest absolute Gasteiger partial charge is 0.191 e. The highest BCUT2D eigenvalue weighted by molar-refractivity contribution is 8.00. The Morgan fingerprint density at radius 2 is 2.05 bits per heavy atom. The highest BCUT2D eigenvalue weighted by Gasteiger charge is 2.14. The van der Waals surface area contributed by atoms with Crippen molar-refractivity contribution in [1.29, 1.82) is 0 Å². The predicted octanol–water partition coefficient (Wildman–Crippen LogP) is 1.19. The lowest BCUT2D eigenvalue weighted by atomic mass is 10.2. The number of carbonyl (C=O) groups excluding carboxylic acids is 1. The molecule has 1 atom stereocenters. The number of rotatable bonds is 7. The number of carbonyl (C=O) groups is 1. The van der Waals surface area contributed by atoms with Crippen LogP contribution in [0.4, 0.5) is 0 Å². The van der Waals surface area contributed by atoms with E-state index in [1.54, 1.807) is 18.5 Å². The number of aromatic nitrogens is 3. The first-order chi connectivity index (χ1) is 10.5. The van der Waals surface area contributed by atoms with Gasteiger partial charge in [0.1, 0.15) is 12.4 Å². The number of carboxylic acid groups (broad SMARTS) is 1. The Balaban J connectivity index is 1.98. The van der Waals surface area contributed by atoms with Gasteiger partial charge in [-0.3, -0.25) is 0 Å². The molecule has 0 aliphatic rings. The molecule has 7 heteroatoms. The molecule has 0 N–H and O–H groups in total. The van der Waals surface area contributed by atoms with Crippen LogP contribution in [0.3, 0.4) is 0 Å². The van der Waals surface area contributed by atoms with E-state index in [4.69, 9.17) is 4.74 Å². The summed E-state index contributed by atoms with van der Waals surface area (Å²) < 4.78 is 7.40. The number of carboxylic acids is 1. The molecule has 0 fully saturated rings. The Labute approximate surface area is 133 Å². The number of nitrogens with zero attached hydrogens (tertiary/aromatic N) is 3. The molecule has 0 bridgehead atoms. The van der Waals surface area contributed by atoms with E-state index in [1.807, 2.05) is 24.3 Å². The lowest BCUT2D eigenvalue weighted by Crippen LogP contribution is -2.31. The van der Waals surface area contributed by atoms with E-state index in [0.717, 1.165) is 23.9 Å². The van der Waals surface area contributed by atoms with E-state index in [-0.39, 0.29) is 6.61 Å². The molecule has 0 saturated carbocycles. The van der Waals surface area contributed by atoms with Crippen molar-refractivity contribution in [2.24, 2.45) is 7.05 Å². The second-order valence-corrected chi connectivity index (χ2v) is 6.13. The molecular formula is C15H18N3O3S-. The Morgan fingerprint density at radius 3 is 2.64 bits per heavy atom. The number of hydrogen-bond acceptors (Lipinski definition) is 6. The van der Waals surface area contributed by atoms with Crippen LogP contribution < -0.4 is 9.84 Å². The average Bonchev–Trinajstić information content (AvgIpc) is 2.86. The highest BCUT2D eigenvalue weighted by Crippen LogP contribution is 2.21. The first-order valence-electron chi connectivity index (χ1n) is 6.98. The third-order valence-corrected chi connectivity index (χ3v) is 4.35. The second kappa shape index (κ2) is 7.31. The summed E-state index contributed by atoms with van der Waals surface area (Å²) in [5.74, 6) is 0.270. The summed E-state index contributed by atoms with van der Waals surface area (Å²) in [5, 5.41) is 18.6. The van der Waals surface area contributed by atoms with E-state index in [0.29, 0.717) is 11.0 Å². The van der Waals surface area contributed by atoms with Gasteiger partial charge in [0.15, 0.2) is 11.0 Å². The minimum Gasteiger partial charge on any atom is -0.549 e. The number of aryl methyl sites for hydroxylation is 1. The monoisotopic (exact) mass is 320 g/mol. The zero-order valence-electron chi connectivity index (χ0n) is 12.8. The van der Waals surface area contributed by atoms with E-state index < -0.39 is 11.2 Å². The molecule has 0 amide bonds. The van der Waals surface area contributed by atoms with Crippen LogP contribution in [0.1, 0.15) is 25.2 Å². The van der Waals surface area contributed by atoms with Crippen molar-refractivity contribution < 1.29 is 14.6 Å². The van der Waals surface area contributed by atoms with Gasteiger partial charge in [-0.2, -0.15) is 0 Å². The van der Waals surface area contributed by atoms with Gasteiger partial charge in [-0.05, 0) is 31.0 Å². The summed E-state index contributed by atoms with van der Waals surface area (Å²) in [4.78, 5) is 10.8. The fourth-order valence-corrected chi connectivity index (χ4v) is 2.51. The van der Waals surface area contributed by atoms with Crippen molar-refractivity contribution in [3.63, 3.8) is 0 Å². The summed E-state index contributed by atoms with van der Waals surface area (Å²) in [5.41, 5.74) is 1.25. The molecule has 0 aliphatic carbocycles. The number of ether oxygens (including phenoxy) is 1. The van der Waals surface area contributed by atoms with Gasteiger partial charge in [0.2, 0.25) is 0 Å². The van der Waals surface area contributed by atoms with Crippen molar-refractivity contribution >= 4 is 17.7 Å². The predicted molar refractivity (Wildman–Crippen MR) is 81.5 cm³/mol. The summed E-state index contributed by atoms with van der Waals surface area (Å²) in [6.07, 6.45) is 0.987. The fraction of sp³-hybridized carbons (Fsp3) is 0.400. The molecule has 1 aromatic heterocycles. The lowest BCUT2D eigenvalue weighted by Gasteiger charge is -2.11. The number of hydrogen-bond donors (Lipinski definition) is 0. The van der Waals surface area contributed by atoms with Gasteiger partial charge >= 0.3 is 0 Å². The van der Waals surface area contributed by atoms with E-state index in [9.17, 15) is 9.90 Å². The number of thioether (sulfide) groups is 1. The Morgan fingerprint density at radius 1 is 1.36 bits per heavy atom. The zero-order chi connectivity index (χ0) is 16.1. The normalized spacial score (nSPS) is 12.1. The van der Waals surface area contributed by atoms with Gasteiger partial charge in [0.25, 0.3) is 0 Å². The fourth-order valence-electron chi connectivity index (χ4n) is 1.75. The largest absolute Gasteiger partial charge is 0.549 e. The van der Waals surface area contributed by atoms with Crippen molar-refractivity contribution in [2.75, 3.05) is 0 Å². The highest BCUT2D eigenvalue weighted by atomic mass is 32.2. The molecule has 1 aromatic carbocycles. The average molecular weight is 320 g/mol. The zero-order valence-corrected chi connectivity index (χ0v) is 13.6. The van der Waals surface area contributed by atoms with Gasteiger partial charge in [-0.1, -0.05) is 30.8 Å². The molecular weight excluding hydrogens is 302 g/mol. The van der Waals surface area contributed by atoms with Crippen LogP contribution in [0, 0.1) is 0 Å². The van der Waals surface area contributed by atoms with Crippen LogP contribution in [0.5, 0.6) is 5.75 Å². The topological polar surface area (TPSA) is 80.1 Å². The molecule has 0 radical (unpaired) electrons. The molecule has 118 valence electrons. The second-order valence-electron chi connectivity index (χ2n) is 4.82. The first-order valence-corrected chi connectivity index (χ1v) is 7.86.